The van der Waals surface area contributed by atoms with E-state index >= 15 is 0 Å². The van der Waals surface area contributed by atoms with Gasteiger partial charge in [0.2, 0.25) is 0 Å². The highest BCUT2D eigenvalue weighted by Gasteiger charge is 2.66. The van der Waals surface area contributed by atoms with E-state index in [0.717, 1.165) is 82.6 Å². The SMILES string of the molecule is CC(C)COC(=O)OC(=O)CCCCCCCC(=O)O[C@@H]1C=C2CC[C@@H]3[C@H](CC[C@]4(C)[C@@H](c5ccc(=O)oc5)CC[C@]34O)[C@@]2(C)CC1. The smallest absolute Gasteiger partial charge is 0.458 e. The van der Waals surface area contributed by atoms with Gasteiger partial charge in [-0.05, 0) is 111 Å². The Morgan fingerprint density at radius 1 is 0.915 bits per heavy atom. The predicted octanol–water partition coefficient (Wildman–Crippen LogP) is 7.78. The highest BCUT2D eigenvalue weighted by Crippen LogP contribution is 2.70. The fourth-order valence-electron chi connectivity index (χ4n) is 9.57. The number of rotatable bonds is 12. The zero-order valence-electron chi connectivity index (χ0n) is 28.7. The van der Waals surface area contributed by atoms with E-state index in [1.54, 1.807) is 6.26 Å². The van der Waals surface area contributed by atoms with Crippen LogP contribution in [-0.4, -0.2) is 41.5 Å². The molecule has 1 aromatic rings. The van der Waals surface area contributed by atoms with Crippen LogP contribution in [-0.2, 0) is 23.8 Å². The minimum Gasteiger partial charge on any atom is -0.458 e. The predicted molar refractivity (Wildman–Crippen MR) is 175 cm³/mol. The van der Waals surface area contributed by atoms with E-state index in [4.69, 9.17) is 13.9 Å². The molecule has 0 bridgehead atoms. The maximum absolute atomic E-state index is 12.7. The van der Waals surface area contributed by atoms with E-state index in [2.05, 4.69) is 24.7 Å². The number of unbranched alkanes of at least 4 members (excludes halogenated alkanes) is 4. The van der Waals surface area contributed by atoms with E-state index in [1.165, 1.54) is 11.6 Å². The van der Waals surface area contributed by atoms with Crippen molar-refractivity contribution in [2.45, 2.75) is 142 Å². The summed E-state index contributed by atoms with van der Waals surface area (Å²) in [6.45, 7) is 8.66. The first-order valence-corrected chi connectivity index (χ1v) is 17.9. The molecule has 260 valence electrons. The quantitative estimate of drug-likeness (QED) is 0.104. The van der Waals surface area contributed by atoms with Gasteiger partial charge < -0.3 is 23.7 Å². The van der Waals surface area contributed by atoms with Gasteiger partial charge in [-0.1, -0.05) is 52.5 Å². The van der Waals surface area contributed by atoms with Crippen molar-refractivity contribution in [3.8, 4) is 0 Å². The molecular formula is C38H54O9. The maximum atomic E-state index is 12.7. The number of carbonyl (C=O) groups is 3. The van der Waals surface area contributed by atoms with Gasteiger partial charge in [-0.25, -0.2) is 9.59 Å². The van der Waals surface area contributed by atoms with Gasteiger partial charge in [0.25, 0.3) is 0 Å². The third-order valence-electron chi connectivity index (χ3n) is 12.2. The highest BCUT2D eigenvalue weighted by molar-refractivity contribution is 5.81. The number of fused-ring (bicyclic) bond motifs is 5. The Hall–Kier alpha value is -2.94. The Labute approximate surface area is 278 Å². The molecule has 0 spiro atoms. The van der Waals surface area contributed by atoms with E-state index in [-0.39, 0.29) is 59.3 Å². The van der Waals surface area contributed by atoms with Gasteiger partial charge >= 0.3 is 23.7 Å². The molecule has 1 heterocycles. The van der Waals surface area contributed by atoms with Crippen LogP contribution >= 0.6 is 0 Å². The summed E-state index contributed by atoms with van der Waals surface area (Å²) < 4.78 is 20.7. The Balaban J connectivity index is 1.05. The van der Waals surface area contributed by atoms with Crippen molar-refractivity contribution in [1.82, 2.24) is 0 Å². The average Bonchev–Trinajstić information content (AvgIpc) is 3.31. The van der Waals surface area contributed by atoms with Crippen LogP contribution in [0.25, 0.3) is 0 Å². The molecule has 0 radical (unpaired) electrons. The third kappa shape index (κ3) is 7.55. The first-order chi connectivity index (χ1) is 22.4. The monoisotopic (exact) mass is 654 g/mol. The molecule has 5 rings (SSSR count). The molecule has 0 aliphatic heterocycles. The zero-order valence-corrected chi connectivity index (χ0v) is 28.7. The molecule has 7 atom stereocenters. The van der Waals surface area contributed by atoms with Crippen molar-refractivity contribution in [2.24, 2.45) is 28.6 Å². The molecule has 47 heavy (non-hydrogen) atoms. The van der Waals surface area contributed by atoms with E-state index in [9.17, 15) is 24.3 Å². The molecule has 0 unspecified atom stereocenters. The molecule has 4 aliphatic carbocycles. The first-order valence-electron chi connectivity index (χ1n) is 17.9. The highest BCUT2D eigenvalue weighted by atomic mass is 16.7. The normalized spacial score (nSPS) is 32.9. The van der Waals surface area contributed by atoms with Gasteiger partial charge in [0.05, 0.1) is 18.5 Å². The van der Waals surface area contributed by atoms with Crippen LogP contribution in [0.5, 0.6) is 0 Å². The number of carbonyl (C=O) groups excluding carboxylic acids is 3. The molecule has 1 N–H and O–H groups in total. The van der Waals surface area contributed by atoms with Crippen molar-refractivity contribution in [1.29, 1.82) is 0 Å². The minimum absolute atomic E-state index is 0.00132. The Morgan fingerprint density at radius 2 is 1.64 bits per heavy atom. The summed E-state index contributed by atoms with van der Waals surface area (Å²) in [6, 6.07) is 3.37. The van der Waals surface area contributed by atoms with Gasteiger partial charge in [0, 0.05) is 24.3 Å². The second kappa shape index (κ2) is 14.7. The van der Waals surface area contributed by atoms with E-state index in [0.29, 0.717) is 18.8 Å². The lowest BCUT2D eigenvalue weighted by Gasteiger charge is -2.61. The molecule has 9 nitrogen and oxygen atoms in total. The van der Waals surface area contributed by atoms with Crippen molar-refractivity contribution < 1.29 is 38.1 Å². The zero-order chi connectivity index (χ0) is 33.8. The fourth-order valence-corrected chi connectivity index (χ4v) is 9.57. The average molecular weight is 655 g/mol. The molecule has 9 heteroatoms. The largest absolute Gasteiger partial charge is 0.516 e. The summed E-state index contributed by atoms with van der Waals surface area (Å²) in [7, 11) is 0. The summed E-state index contributed by atoms with van der Waals surface area (Å²) >= 11 is 0. The van der Waals surface area contributed by atoms with Gasteiger partial charge in [0.15, 0.2) is 0 Å². The number of esters is 2. The maximum Gasteiger partial charge on any atom is 0.516 e. The molecule has 1 aromatic heterocycles. The van der Waals surface area contributed by atoms with Crippen molar-refractivity contribution >= 4 is 18.1 Å². The van der Waals surface area contributed by atoms with Crippen LogP contribution < -0.4 is 5.63 Å². The fraction of sp³-hybridized carbons (Fsp3) is 0.737. The Bertz CT molecular complexity index is 1360. The second-order valence-corrected chi connectivity index (χ2v) is 15.5. The van der Waals surface area contributed by atoms with Crippen LogP contribution in [0.3, 0.4) is 0 Å². The van der Waals surface area contributed by atoms with E-state index < -0.39 is 17.7 Å². The summed E-state index contributed by atoms with van der Waals surface area (Å²) in [5.74, 6) is 0.235. The lowest BCUT2D eigenvalue weighted by Crippen LogP contribution is -2.60. The number of allylic oxidation sites excluding steroid dienone is 1. The lowest BCUT2D eigenvalue weighted by atomic mass is 9.45. The van der Waals surface area contributed by atoms with Crippen LogP contribution in [0.1, 0.15) is 135 Å². The summed E-state index contributed by atoms with van der Waals surface area (Å²) in [4.78, 5) is 47.5. The summed E-state index contributed by atoms with van der Waals surface area (Å²) in [5.41, 5.74) is 1.06. The summed E-state index contributed by atoms with van der Waals surface area (Å²) in [6.07, 6.45) is 14.5. The van der Waals surface area contributed by atoms with Crippen LogP contribution in [0, 0.1) is 28.6 Å². The molecule has 0 saturated heterocycles. The molecule has 0 aromatic carbocycles. The lowest BCUT2D eigenvalue weighted by molar-refractivity contribution is -0.178. The van der Waals surface area contributed by atoms with E-state index in [1.807, 2.05) is 19.9 Å². The van der Waals surface area contributed by atoms with Gasteiger partial charge in [-0.3, -0.25) is 9.59 Å². The standard InChI is InChI=1S/C38H54O9/c1-25(2)23-45-35(42)47-34(41)11-9-7-5-6-8-10-33(40)46-28-16-19-36(3)27(22-28)13-14-31-30(36)17-20-37(4)29(18-21-38(31,37)43)26-12-15-32(39)44-24-26/h12,15,22,24-25,28-31,43H,5-11,13-14,16-21,23H2,1-4H3/t28-,29+,30-,31+,36-,37+,38-/m0/s1. The Kier molecular flexibility index (Phi) is 11.0. The second-order valence-electron chi connectivity index (χ2n) is 15.5. The summed E-state index contributed by atoms with van der Waals surface area (Å²) in [5, 5.41) is 12.4. The molecular weight excluding hydrogens is 600 g/mol. The van der Waals surface area contributed by atoms with Crippen molar-refractivity contribution in [3.63, 3.8) is 0 Å². The van der Waals surface area contributed by atoms with Crippen molar-refractivity contribution in [3.05, 3.63) is 46.0 Å². The number of hydrogen-bond acceptors (Lipinski definition) is 9. The van der Waals surface area contributed by atoms with Gasteiger partial charge in [-0.15, -0.1) is 0 Å². The Morgan fingerprint density at radius 3 is 2.34 bits per heavy atom. The topological polar surface area (TPSA) is 129 Å². The van der Waals surface area contributed by atoms with Gasteiger partial charge in [-0.2, -0.15) is 0 Å². The molecule has 3 saturated carbocycles. The van der Waals surface area contributed by atoms with Crippen LogP contribution in [0.2, 0.25) is 0 Å². The van der Waals surface area contributed by atoms with Gasteiger partial charge in [0.1, 0.15) is 6.10 Å². The van der Waals surface area contributed by atoms with Crippen LogP contribution in [0.15, 0.2) is 39.3 Å². The minimum atomic E-state index is -0.936. The molecule has 4 aliphatic rings. The molecule has 3 fully saturated rings. The first kappa shape index (κ1) is 35.4. The number of hydrogen-bond donors (Lipinski definition) is 1. The third-order valence-corrected chi connectivity index (χ3v) is 12.2. The number of aliphatic hydroxyl groups is 1. The number of ether oxygens (including phenoxy) is 3. The molecule has 0 amide bonds. The van der Waals surface area contributed by atoms with Crippen LogP contribution in [0.4, 0.5) is 4.79 Å². The van der Waals surface area contributed by atoms with Crippen molar-refractivity contribution in [2.75, 3.05) is 6.61 Å².